The van der Waals surface area contributed by atoms with Gasteiger partial charge in [0.1, 0.15) is 5.82 Å². The van der Waals surface area contributed by atoms with Gasteiger partial charge in [-0.05, 0) is 19.4 Å². The van der Waals surface area contributed by atoms with E-state index in [9.17, 15) is 0 Å². The summed E-state index contributed by atoms with van der Waals surface area (Å²) in [5.41, 5.74) is 1.03. The van der Waals surface area contributed by atoms with E-state index < -0.39 is 0 Å². The maximum atomic E-state index is 4.74. The van der Waals surface area contributed by atoms with Gasteiger partial charge >= 0.3 is 0 Å². The lowest BCUT2D eigenvalue weighted by molar-refractivity contribution is 0.619. The van der Waals surface area contributed by atoms with Crippen molar-refractivity contribution in [2.45, 2.75) is 38.6 Å². The topological polar surface area (TPSA) is 55.6 Å². The zero-order valence-electron chi connectivity index (χ0n) is 11.4. The van der Waals surface area contributed by atoms with Gasteiger partial charge in [-0.15, -0.1) is 0 Å². The van der Waals surface area contributed by atoms with Gasteiger partial charge in [-0.25, -0.2) is 9.97 Å². The molecule has 0 aromatic carbocycles. The van der Waals surface area contributed by atoms with Gasteiger partial charge in [0.2, 0.25) is 0 Å². The largest absolute Gasteiger partial charge is 0.309 e. The number of nitrogens with zero attached hydrogens (tertiary/aromatic N) is 4. The molecule has 100 valence electrons. The Morgan fingerprint density at radius 2 is 2.26 bits per heavy atom. The summed E-state index contributed by atoms with van der Waals surface area (Å²) in [6.45, 7) is 5.34. The SMILES string of the molecule is CC(C)c1nccn1-c1cncc([C@@H]2CCCN2)n1. The molecule has 0 spiro atoms. The van der Waals surface area contributed by atoms with Crippen LogP contribution in [-0.2, 0) is 0 Å². The van der Waals surface area contributed by atoms with Gasteiger partial charge in [0.05, 0.1) is 24.1 Å². The molecule has 1 saturated heterocycles. The first-order chi connectivity index (χ1) is 9.25. The van der Waals surface area contributed by atoms with E-state index in [1.54, 1.807) is 6.20 Å². The summed E-state index contributed by atoms with van der Waals surface area (Å²) in [6.07, 6.45) is 9.77. The van der Waals surface area contributed by atoms with E-state index >= 15 is 0 Å². The van der Waals surface area contributed by atoms with E-state index in [1.807, 2.05) is 23.2 Å². The van der Waals surface area contributed by atoms with E-state index in [-0.39, 0.29) is 0 Å². The monoisotopic (exact) mass is 257 g/mol. The molecule has 5 heteroatoms. The lowest BCUT2D eigenvalue weighted by Crippen LogP contribution is -2.16. The molecule has 19 heavy (non-hydrogen) atoms. The zero-order chi connectivity index (χ0) is 13.2. The van der Waals surface area contributed by atoms with Crippen molar-refractivity contribution in [3.8, 4) is 5.82 Å². The third kappa shape index (κ3) is 2.38. The number of hydrogen-bond acceptors (Lipinski definition) is 4. The third-order valence-electron chi connectivity index (χ3n) is 3.49. The van der Waals surface area contributed by atoms with Crippen LogP contribution in [0.3, 0.4) is 0 Å². The molecule has 3 rings (SSSR count). The van der Waals surface area contributed by atoms with Crippen LogP contribution in [-0.4, -0.2) is 26.1 Å². The van der Waals surface area contributed by atoms with E-state index in [1.165, 1.54) is 6.42 Å². The van der Waals surface area contributed by atoms with Crippen LogP contribution in [0, 0.1) is 0 Å². The highest BCUT2D eigenvalue weighted by molar-refractivity contribution is 5.24. The first-order valence-electron chi connectivity index (χ1n) is 6.84. The maximum Gasteiger partial charge on any atom is 0.156 e. The number of aromatic nitrogens is 4. The molecule has 5 nitrogen and oxygen atoms in total. The third-order valence-corrected chi connectivity index (χ3v) is 3.49. The molecule has 2 aromatic rings. The van der Waals surface area contributed by atoms with E-state index in [0.717, 1.165) is 30.3 Å². The molecule has 0 aliphatic carbocycles. The average Bonchev–Trinajstić information content (AvgIpc) is 3.10. The molecule has 1 aliphatic rings. The minimum Gasteiger partial charge on any atom is -0.309 e. The Bertz CT molecular complexity index is 554. The quantitative estimate of drug-likeness (QED) is 0.916. The number of rotatable bonds is 3. The maximum absolute atomic E-state index is 4.74. The van der Waals surface area contributed by atoms with Crippen molar-refractivity contribution in [1.29, 1.82) is 0 Å². The highest BCUT2D eigenvalue weighted by Crippen LogP contribution is 2.22. The highest BCUT2D eigenvalue weighted by atomic mass is 15.1. The smallest absolute Gasteiger partial charge is 0.156 e. The Kier molecular flexibility index (Phi) is 3.29. The van der Waals surface area contributed by atoms with Gasteiger partial charge < -0.3 is 5.32 Å². The summed E-state index contributed by atoms with van der Waals surface area (Å²) in [4.78, 5) is 13.5. The van der Waals surface area contributed by atoms with Crippen LogP contribution in [0.2, 0.25) is 0 Å². The summed E-state index contributed by atoms with van der Waals surface area (Å²) < 4.78 is 2.02. The van der Waals surface area contributed by atoms with Crippen molar-refractivity contribution >= 4 is 0 Å². The van der Waals surface area contributed by atoms with Gasteiger partial charge in [-0.3, -0.25) is 9.55 Å². The Balaban J connectivity index is 1.96. The molecule has 1 fully saturated rings. The van der Waals surface area contributed by atoms with Gasteiger partial charge in [-0.1, -0.05) is 13.8 Å². The van der Waals surface area contributed by atoms with Gasteiger partial charge in [0.15, 0.2) is 5.82 Å². The molecular weight excluding hydrogens is 238 g/mol. The van der Waals surface area contributed by atoms with E-state index in [0.29, 0.717) is 12.0 Å². The molecule has 2 aromatic heterocycles. The van der Waals surface area contributed by atoms with Crippen molar-refractivity contribution < 1.29 is 0 Å². The second-order valence-electron chi connectivity index (χ2n) is 5.26. The molecule has 0 radical (unpaired) electrons. The van der Waals surface area contributed by atoms with E-state index in [4.69, 9.17) is 4.98 Å². The molecule has 1 N–H and O–H groups in total. The lowest BCUT2D eigenvalue weighted by atomic mass is 10.2. The fourth-order valence-corrected chi connectivity index (χ4v) is 2.53. The first-order valence-corrected chi connectivity index (χ1v) is 6.84. The van der Waals surface area contributed by atoms with Crippen LogP contribution < -0.4 is 5.32 Å². The summed E-state index contributed by atoms with van der Waals surface area (Å²) in [6, 6.07) is 0.346. The minimum atomic E-state index is 0.346. The standard InChI is InChI=1S/C14H19N5/c1-10(2)14-17-6-7-19(14)13-9-15-8-12(18-13)11-4-3-5-16-11/h6-11,16H,3-5H2,1-2H3/t11-/m0/s1. The second kappa shape index (κ2) is 5.09. The first kappa shape index (κ1) is 12.3. The Labute approximate surface area is 113 Å². The van der Waals surface area contributed by atoms with Crippen LogP contribution in [0.1, 0.15) is 50.2 Å². The Morgan fingerprint density at radius 3 is 3.00 bits per heavy atom. The number of hydrogen-bond donors (Lipinski definition) is 1. The summed E-state index contributed by atoms with van der Waals surface area (Å²) >= 11 is 0. The Hall–Kier alpha value is -1.75. The van der Waals surface area contributed by atoms with Crippen molar-refractivity contribution in [1.82, 2.24) is 24.8 Å². The molecule has 0 saturated carbocycles. The molecule has 0 unspecified atom stereocenters. The van der Waals surface area contributed by atoms with Gasteiger partial charge in [-0.2, -0.15) is 0 Å². The molecule has 0 bridgehead atoms. The van der Waals surface area contributed by atoms with Crippen molar-refractivity contribution in [3.63, 3.8) is 0 Å². The average molecular weight is 257 g/mol. The Morgan fingerprint density at radius 1 is 1.37 bits per heavy atom. The second-order valence-corrected chi connectivity index (χ2v) is 5.26. The zero-order valence-corrected chi connectivity index (χ0v) is 11.4. The van der Waals surface area contributed by atoms with E-state index in [2.05, 4.69) is 29.1 Å². The predicted molar refractivity (Wildman–Crippen MR) is 73.2 cm³/mol. The number of imidazole rings is 1. The van der Waals surface area contributed by atoms with Crippen LogP contribution >= 0.6 is 0 Å². The summed E-state index contributed by atoms with van der Waals surface area (Å²) in [5, 5.41) is 3.46. The fraction of sp³-hybridized carbons (Fsp3) is 0.500. The molecule has 3 heterocycles. The fourth-order valence-electron chi connectivity index (χ4n) is 2.53. The van der Waals surface area contributed by atoms with Crippen molar-refractivity contribution in [2.24, 2.45) is 0 Å². The highest BCUT2D eigenvalue weighted by Gasteiger charge is 2.19. The molecular formula is C14H19N5. The van der Waals surface area contributed by atoms with Crippen LogP contribution in [0.5, 0.6) is 0 Å². The lowest BCUT2D eigenvalue weighted by Gasteiger charge is -2.13. The number of nitrogens with one attached hydrogen (secondary N) is 1. The summed E-state index contributed by atoms with van der Waals surface area (Å²) in [5.74, 6) is 2.24. The summed E-state index contributed by atoms with van der Waals surface area (Å²) in [7, 11) is 0. The minimum absolute atomic E-state index is 0.346. The van der Waals surface area contributed by atoms with Gasteiger partial charge in [0.25, 0.3) is 0 Å². The normalized spacial score (nSPS) is 19.2. The molecule has 1 aliphatic heterocycles. The molecule has 0 amide bonds. The molecule has 1 atom stereocenters. The predicted octanol–water partition coefficient (Wildman–Crippen LogP) is 2.21. The van der Waals surface area contributed by atoms with Crippen LogP contribution in [0.4, 0.5) is 0 Å². The van der Waals surface area contributed by atoms with Crippen LogP contribution in [0.15, 0.2) is 24.8 Å². The van der Waals surface area contributed by atoms with Crippen molar-refractivity contribution in [3.05, 3.63) is 36.3 Å². The van der Waals surface area contributed by atoms with Crippen molar-refractivity contribution in [2.75, 3.05) is 6.54 Å². The van der Waals surface area contributed by atoms with Gasteiger partial charge in [0, 0.05) is 18.3 Å². The van der Waals surface area contributed by atoms with Crippen LogP contribution in [0.25, 0.3) is 5.82 Å².